The van der Waals surface area contributed by atoms with E-state index in [9.17, 15) is 4.79 Å². The summed E-state index contributed by atoms with van der Waals surface area (Å²) < 4.78 is 2.09. The molecule has 0 aliphatic heterocycles. The highest BCUT2D eigenvalue weighted by Crippen LogP contribution is 2.25. The van der Waals surface area contributed by atoms with Gasteiger partial charge in [-0.2, -0.15) is 0 Å². The van der Waals surface area contributed by atoms with Crippen molar-refractivity contribution in [1.82, 2.24) is 20.1 Å². The smallest absolute Gasteiger partial charge is 0.230 e. The van der Waals surface area contributed by atoms with Gasteiger partial charge in [0.1, 0.15) is 0 Å². The molecule has 28 heavy (non-hydrogen) atoms. The van der Waals surface area contributed by atoms with Crippen molar-refractivity contribution in [2.75, 3.05) is 5.75 Å². The Balaban J connectivity index is 1.64. The maximum absolute atomic E-state index is 12.2. The van der Waals surface area contributed by atoms with E-state index in [-0.39, 0.29) is 11.7 Å². The molecule has 146 valence electrons. The number of aryl methyl sites for hydroxylation is 1. The molecule has 0 aliphatic carbocycles. The molecule has 0 spiro atoms. The molecule has 0 saturated carbocycles. The van der Waals surface area contributed by atoms with E-state index in [0.29, 0.717) is 11.6 Å². The van der Waals surface area contributed by atoms with Crippen LogP contribution in [0.3, 0.4) is 0 Å². The highest BCUT2D eigenvalue weighted by molar-refractivity contribution is 7.99. The van der Waals surface area contributed by atoms with E-state index in [4.69, 9.17) is 11.6 Å². The Bertz CT molecular complexity index is 957. The fourth-order valence-electron chi connectivity index (χ4n) is 2.85. The minimum absolute atomic E-state index is 0.0480. The minimum Gasteiger partial charge on any atom is -0.351 e. The molecule has 1 aromatic heterocycles. The SMILES string of the molecule is CCCn1c(SCC(=O)NCc2cccc(Cl)c2)nnc1-c1cccc(C)c1. The summed E-state index contributed by atoms with van der Waals surface area (Å²) in [5.74, 6) is 1.08. The van der Waals surface area contributed by atoms with Crippen molar-refractivity contribution in [3.05, 3.63) is 64.7 Å². The molecule has 1 heterocycles. The number of aromatic nitrogens is 3. The minimum atomic E-state index is -0.0480. The maximum atomic E-state index is 12.2. The Kier molecular flexibility index (Phi) is 7.12. The molecule has 2 aromatic carbocycles. The third-order valence-electron chi connectivity index (χ3n) is 4.15. The summed E-state index contributed by atoms with van der Waals surface area (Å²) >= 11 is 7.38. The van der Waals surface area contributed by atoms with Crippen molar-refractivity contribution < 1.29 is 4.79 Å². The third kappa shape index (κ3) is 5.36. The molecule has 0 atom stereocenters. The van der Waals surface area contributed by atoms with E-state index in [0.717, 1.165) is 35.1 Å². The Morgan fingerprint density at radius 3 is 2.75 bits per heavy atom. The Morgan fingerprint density at radius 1 is 1.18 bits per heavy atom. The Labute approximate surface area is 174 Å². The van der Waals surface area contributed by atoms with Crippen molar-refractivity contribution in [3.63, 3.8) is 0 Å². The first-order chi connectivity index (χ1) is 13.6. The van der Waals surface area contributed by atoms with E-state index in [2.05, 4.69) is 46.1 Å². The second kappa shape index (κ2) is 9.75. The van der Waals surface area contributed by atoms with Crippen LogP contribution < -0.4 is 5.32 Å². The number of thioether (sulfide) groups is 1. The fraction of sp³-hybridized carbons (Fsp3) is 0.286. The van der Waals surface area contributed by atoms with Crippen molar-refractivity contribution in [2.24, 2.45) is 0 Å². The number of benzene rings is 2. The molecule has 0 bridgehead atoms. The first-order valence-corrected chi connectivity index (χ1v) is 10.6. The molecule has 1 amide bonds. The summed E-state index contributed by atoms with van der Waals surface area (Å²) in [6.07, 6.45) is 0.964. The van der Waals surface area contributed by atoms with Gasteiger partial charge in [-0.1, -0.05) is 66.2 Å². The van der Waals surface area contributed by atoms with Gasteiger partial charge in [0, 0.05) is 23.7 Å². The summed E-state index contributed by atoms with van der Waals surface area (Å²) in [4.78, 5) is 12.2. The van der Waals surface area contributed by atoms with Crippen LogP contribution in [0.15, 0.2) is 53.7 Å². The van der Waals surface area contributed by atoms with Gasteiger partial charge in [0.05, 0.1) is 5.75 Å². The molecule has 3 rings (SSSR count). The van der Waals surface area contributed by atoms with E-state index in [1.165, 1.54) is 17.3 Å². The number of amides is 1. The molecular weight excluding hydrogens is 392 g/mol. The normalized spacial score (nSPS) is 10.8. The summed E-state index contributed by atoms with van der Waals surface area (Å²) in [6.45, 7) is 5.44. The standard InChI is InChI=1S/C21H23ClN4OS/c1-3-10-26-20(17-8-4-6-15(2)11-17)24-25-21(26)28-14-19(27)23-13-16-7-5-9-18(22)12-16/h4-9,11-12H,3,10,13-14H2,1-2H3,(H,23,27). The van der Waals surface area contributed by atoms with Crippen LogP contribution in [0.4, 0.5) is 0 Å². The summed E-state index contributed by atoms with van der Waals surface area (Å²) in [5.41, 5.74) is 3.19. The van der Waals surface area contributed by atoms with E-state index in [1.54, 1.807) is 0 Å². The van der Waals surface area contributed by atoms with Crippen LogP contribution in [0, 0.1) is 6.92 Å². The molecule has 1 N–H and O–H groups in total. The van der Waals surface area contributed by atoms with Crippen LogP contribution in [0.5, 0.6) is 0 Å². The number of hydrogen-bond donors (Lipinski definition) is 1. The molecule has 3 aromatic rings. The molecule has 5 nitrogen and oxygen atoms in total. The lowest BCUT2D eigenvalue weighted by Gasteiger charge is -2.09. The summed E-state index contributed by atoms with van der Waals surface area (Å²) in [6, 6.07) is 15.7. The predicted octanol–water partition coefficient (Wildman–Crippen LogP) is 4.73. The molecule has 0 unspecified atom stereocenters. The lowest BCUT2D eigenvalue weighted by atomic mass is 10.1. The van der Waals surface area contributed by atoms with Crippen LogP contribution in [-0.4, -0.2) is 26.4 Å². The maximum Gasteiger partial charge on any atom is 0.230 e. The average Bonchev–Trinajstić information content (AvgIpc) is 3.08. The topological polar surface area (TPSA) is 59.8 Å². The van der Waals surface area contributed by atoms with Crippen molar-refractivity contribution in [1.29, 1.82) is 0 Å². The average molecular weight is 415 g/mol. The summed E-state index contributed by atoms with van der Waals surface area (Å²) in [7, 11) is 0. The molecule has 7 heteroatoms. The van der Waals surface area contributed by atoms with Gasteiger partial charge in [-0.25, -0.2) is 0 Å². The first-order valence-electron chi connectivity index (χ1n) is 9.21. The molecule has 0 saturated heterocycles. The van der Waals surface area contributed by atoms with Crippen LogP contribution in [0.2, 0.25) is 5.02 Å². The van der Waals surface area contributed by atoms with Crippen molar-refractivity contribution in [2.45, 2.75) is 38.5 Å². The van der Waals surface area contributed by atoms with Crippen LogP contribution in [-0.2, 0) is 17.9 Å². The molecule has 0 radical (unpaired) electrons. The van der Waals surface area contributed by atoms with Crippen molar-refractivity contribution >= 4 is 29.3 Å². The number of carbonyl (C=O) groups is 1. The van der Waals surface area contributed by atoms with Gasteiger partial charge in [-0.15, -0.1) is 10.2 Å². The van der Waals surface area contributed by atoms with Crippen LogP contribution >= 0.6 is 23.4 Å². The number of nitrogens with zero attached hydrogens (tertiary/aromatic N) is 3. The largest absolute Gasteiger partial charge is 0.351 e. The van der Waals surface area contributed by atoms with Gasteiger partial charge in [0.2, 0.25) is 5.91 Å². The van der Waals surface area contributed by atoms with Gasteiger partial charge < -0.3 is 9.88 Å². The number of nitrogens with one attached hydrogen (secondary N) is 1. The number of carbonyl (C=O) groups excluding carboxylic acids is 1. The Morgan fingerprint density at radius 2 is 2.00 bits per heavy atom. The van der Waals surface area contributed by atoms with Gasteiger partial charge in [0.15, 0.2) is 11.0 Å². The third-order valence-corrected chi connectivity index (χ3v) is 5.35. The number of hydrogen-bond acceptors (Lipinski definition) is 4. The first kappa shape index (κ1) is 20.4. The molecule has 0 aliphatic rings. The Hall–Kier alpha value is -2.31. The zero-order valence-corrected chi connectivity index (χ0v) is 17.6. The summed E-state index contributed by atoms with van der Waals surface area (Å²) in [5, 5.41) is 13.0. The molecular formula is C21H23ClN4OS. The van der Waals surface area contributed by atoms with E-state index >= 15 is 0 Å². The second-order valence-corrected chi connectivity index (χ2v) is 7.90. The predicted molar refractivity (Wildman–Crippen MR) is 115 cm³/mol. The monoisotopic (exact) mass is 414 g/mol. The lowest BCUT2D eigenvalue weighted by molar-refractivity contribution is -0.118. The second-order valence-electron chi connectivity index (χ2n) is 6.52. The van der Waals surface area contributed by atoms with Crippen molar-refractivity contribution in [3.8, 4) is 11.4 Å². The quantitative estimate of drug-likeness (QED) is 0.541. The highest BCUT2D eigenvalue weighted by Gasteiger charge is 2.15. The zero-order valence-electron chi connectivity index (χ0n) is 16.0. The highest BCUT2D eigenvalue weighted by atomic mass is 35.5. The van der Waals surface area contributed by atoms with E-state index < -0.39 is 0 Å². The number of halogens is 1. The zero-order chi connectivity index (χ0) is 19.9. The van der Waals surface area contributed by atoms with Gasteiger partial charge in [0.25, 0.3) is 0 Å². The van der Waals surface area contributed by atoms with Gasteiger partial charge in [-0.3, -0.25) is 4.79 Å². The fourth-order valence-corrected chi connectivity index (χ4v) is 3.85. The molecule has 0 fully saturated rings. The van der Waals surface area contributed by atoms with Gasteiger partial charge in [-0.05, 0) is 37.1 Å². The van der Waals surface area contributed by atoms with Crippen LogP contribution in [0.1, 0.15) is 24.5 Å². The van der Waals surface area contributed by atoms with E-state index in [1.807, 2.05) is 36.4 Å². The number of rotatable bonds is 8. The van der Waals surface area contributed by atoms with Gasteiger partial charge >= 0.3 is 0 Å². The lowest BCUT2D eigenvalue weighted by Crippen LogP contribution is -2.24. The van der Waals surface area contributed by atoms with Crippen LogP contribution in [0.25, 0.3) is 11.4 Å².